The molecule has 4 heterocycles. The van der Waals surface area contributed by atoms with E-state index in [1.165, 1.54) is 33.6 Å². The number of hydrogen-bond donors (Lipinski definition) is 6. The predicted molar refractivity (Wildman–Crippen MR) is 249 cm³/mol. The Balaban J connectivity index is 0.000000218. The number of benzene rings is 4. The first kappa shape index (κ1) is 48.6. The van der Waals surface area contributed by atoms with Gasteiger partial charge in [0.1, 0.15) is 23.0 Å². The first-order valence-electron chi connectivity index (χ1n) is 20.9. The number of amides is 3. The number of hydrogen-bond acceptors (Lipinski definition) is 12. The zero-order chi connectivity index (χ0) is 47.1. The minimum atomic E-state index is -1.18. The number of nitrogens with two attached hydrogens (primary N) is 3. The fourth-order valence-electron chi connectivity index (χ4n) is 7.41. The lowest BCUT2D eigenvalue weighted by Gasteiger charge is -2.27. The molecule has 352 valence electrons. The number of primary amides is 1. The quantitative estimate of drug-likeness (QED) is 0.0969. The molecule has 9 N–H and O–H groups in total. The maximum atomic E-state index is 13.5. The van der Waals surface area contributed by atoms with Gasteiger partial charge in [-0.15, -0.1) is 10.2 Å². The number of carbonyl (C=O) groups is 4. The Bertz CT molecular complexity index is 2560. The molecule has 67 heavy (non-hydrogen) atoms. The van der Waals surface area contributed by atoms with Crippen LogP contribution in [0.2, 0.25) is 0 Å². The highest BCUT2D eigenvalue weighted by Crippen LogP contribution is 2.30. The molecule has 4 aromatic carbocycles. The van der Waals surface area contributed by atoms with Crippen LogP contribution in [0.25, 0.3) is 11.4 Å². The number of carboxylic acid groups (broad SMARTS) is 1. The number of aromatic nitrogens is 4. The van der Waals surface area contributed by atoms with Crippen LogP contribution in [0.4, 0.5) is 31.8 Å². The first-order chi connectivity index (χ1) is 31.7. The summed E-state index contributed by atoms with van der Waals surface area (Å²) in [6, 6.07) is 22.2. The number of rotatable bonds is 12. The number of carboxylic acids is 1. The van der Waals surface area contributed by atoms with Crippen molar-refractivity contribution in [2.75, 3.05) is 73.9 Å². The van der Waals surface area contributed by atoms with Crippen molar-refractivity contribution >= 4 is 46.7 Å². The van der Waals surface area contributed by atoms with E-state index in [2.05, 4.69) is 20.8 Å². The molecule has 2 fully saturated rings. The summed E-state index contributed by atoms with van der Waals surface area (Å²) in [5.74, 6) is -2.62. The Morgan fingerprint density at radius 3 is 1.37 bits per heavy atom. The molecule has 2 aromatic heterocycles. The van der Waals surface area contributed by atoms with Crippen LogP contribution in [0.15, 0.2) is 84.9 Å². The van der Waals surface area contributed by atoms with Gasteiger partial charge in [-0.25, -0.2) is 22.9 Å². The summed E-state index contributed by atoms with van der Waals surface area (Å²) >= 11 is 0. The summed E-state index contributed by atoms with van der Waals surface area (Å²) in [6.45, 7) is 8.47. The van der Waals surface area contributed by atoms with Crippen molar-refractivity contribution in [1.29, 1.82) is 0 Å². The van der Waals surface area contributed by atoms with Crippen LogP contribution in [0, 0.1) is 25.5 Å². The zero-order valence-corrected chi connectivity index (χ0v) is 36.2. The number of aryl methyl sites for hydroxylation is 2. The average Bonchev–Trinajstić information content (AvgIpc) is 3.86. The lowest BCUT2D eigenvalue weighted by atomic mass is 10.1. The molecule has 0 radical (unpaired) electrons. The van der Waals surface area contributed by atoms with Gasteiger partial charge in [-0.2, -0.15) is 0 Å². The van der Waals surface area contributed by atoms with Gasteiger partial charge in [-0.1, -0.05) is 43.8 Å². The molecule has 0 atom stereocenters. The molecule has 0 spiro atoms. The summed E-state index contributed by atoms with van der Waals surface area (Å²) in [5, 5.41) is 24.3. The highest BCUT2D eigenvalue weighted by Gasteiger charge is 2.28. The summed E-state index contributed by atoms with van der Waals surface area (Å²) in [7, 11) is 0. The van der Waals surface area contributed by atoms with E-state index >= 15 is 0 Å². The van der Waals surface area contributed by atoms with E-state index in [-0.39, 0.29) is 60.7 Å². The third kappa shape index (κ3) is 11.2. The van der Waals surface area contributed by atoms with Gasteiger partial charge < -0.3 is 52.2 Å². The standard InChI is InChI=1S/C23H25FN6O3.C23H24FN5O4.CH4/c1-14-2-5-16(24)12-18(14)23(32)27-13-15-3-6-17(7-4-15)30-20(21(26)31)19(25)22(28-30)29-8-10-33-11-9-29;1-14-2-5-16(24)12-18(14)22(30)26-13-15-3-6-17(7-4-15)29-20(23(31)32)19(25)21(27-29)28-8-10-33-11-9-28;/h2-7,12H,8-11,13,25H2,1H3,(H2,26,31)(H,27,32);2-7,12H,8-11,13,25H2,1H3,(H,26,30)(H,31,32);1H4. The Labute approximate surface area is 385 Å². The molecule has 0 saturated carbocycles. The van der Waals surface area contributed by atoms with E-state index in [4.69, 9.17) is 26.7 Å². The Hall–Kier alpha value is -7.84. The smallest absolute Gasteiger partial charge is 0.356 e. The number of morpholine rings is 2. The van der Waals surface area contributed by atoms with Crippen LogP contribution >= 0.6 is 0 Å². The number of ether oxygens (including phenoxy) is 2. The second-order valence-electron chi connectivity index (χ2n) is 15.5. The second-order valence-corrected chi connectivity index (χ2v) is 15.5. The van der Waals surface area contributed by atoms with Crippen molar-refractivity contribution in [3.63, 3.8) is 0 Å². The molecule has 2 aliphatic heterocycles. The van der Waals surface area contributed by atoms with Gasteiger partial charge in [0.05, 0.1) is 37.8 Å². The van der Waals surface area contributed by atoms with Crippen LogP contribution < -0.4 is 37.6 Å². The van der Waals surface area contributed by atoms with E-state index in [9.17, 15) is 33.1 Å². The van der Waals surface area contributed by atoms with Crippen molar-refractivity contribution in [2.24, 2.45) is 5.73 Å². The Morgan fingerprint density at radius 2 is 1.00 bits per heavy atom. The maximum absolute atomic E-state index is 13.5. The molecule has 18 nitrogen and oxygen atoms in total. The summed E-state index contributed by atoms with van der Waals surface area (Å²) in [4.78, 5) is 52.7. The van der Waals surface area contributed by atoms with Crippen LogP contribution in [-0.2, 0) is 22.6 Å². The van der Waals surface area contributed by atoms with E-state index in [0.29, 0.717) is 92.3 Å². The van der Waals surface area contributed by atoms with Crippen molar-refractivity contribution in [3.05, 3.63) is 141 Å². The molecular formula is C47H53F2N11O7. The van der Waals surface area contributed by atoms with Crippen LogP contribution in [0.3, 0.4) is 0 Å². The normalized spacial score (nSPS) is 13.5. The lowest BCUT2D eigenvalue weighted by molar-refractivity contribution is 0.0687. The van der Waals surface area contributed by atoms with Gasteiger partial charge in [-0.05, 0) is 84.6 Å². The van der Waals surface area contributed by atoms with Crippen LogP contribution in [-0.4, -0.2) is 101 Å². The third-order valence-electron chi connectivity index (χ3n) is 11.0. The molecular weight excluding hydrogens is 869 g/mol. The molecule has 20 heteroatoms. The van der Waals surface area contributed by atoms with Crippen molar-refractivity contribution in [3.8, 4) is 11.4 Å². The van der Waals surface area contributed by atoms with E-state index in [0.717, 1.165) is 11.1 Å². The Kier molecular flexibility index (Phi) is 15.6. The average molecular weight is 922 g/mol. The third-order valence-corrected chi connectivity index (χ3v) is 11.0. The fourth-order valence-corrected chi connectivity index (χ4v) is 7.41. The number of nitrogens with zero attached hydrogens (tertiary/aromatic N) is 6. The van der Waals surface area contributed by atoms with E-state index in [1.807, 2.05) is 9.80 Å². The molecule has 0 bridgehead atoms. The molecule has 2 aliphatic rings. The molecule has 6 aromatic rings. The largest absolute Gasteiger partial charge is 0.476 e. The highest BCUT2D eigenvalue weighted by molar-refractivity contribution is 6.00. The Morgan fingerprint density at radius 1 is 0.627 bits per heavy atom. The van der Waals surface area contributed by atoms with Crippen molar-refractivity contribution in [1.82, 2.24) is 30.2 Å². The zero-order valence-electron chi connectivity index (χ0n) is 36.2. The second kappa shape index (κ2) is 21.4. The van der Waals surface area contributed by atoms with E-state index < -0.39 is 23.5 Å². The van der Waals surface area contributed by atoms with Gasteiger partial charge in [0.2, 0.25) is 0 Å². The number of halogens is 2. The summed E-state index contributed by atoms with van der Waals surface area (Å²) in [6.07, 6.45) is 0. The summed E-state index contributed by atoms with van der Waals surface area (Å²) in [5.41, 5.74) is 22.9. The first-order valence-corrected chi connectivity index (χ1v) is 20.9. The topological polar surface area (TPSA) is 251 Å². The van der Waals surface area contributed by atoms with Gasteiger partial charge in [0.25, 0.3) is 17.7 Å². The van der Waals surface area contributed by atoms with Crippen LogP contribution in [0.1, 0.15) is 71.4 Å². The van der Waals surface area contributed by atoms with E-state index in [1.54, 1.807) is 74.5 Å². The molecule has 0 unspecified atom stereocenters. The summed E-state index contributed by atoms with van der Waals surface area (Å²) < 4.78 is 40.4. The molecule has 3 amide bonds. The SMILES string of the molecule is C.Cc1ccc(F)cc1C(=O)NCc1ccc(-n2nc(N3CCOCC3)c(N)c2C(=O)O)cc1.Cc1ccc(F)cc1C(=O)NCc1ccc(-n2nc(N3CCOCC3)c(N)c2C(N)=O)cc1. The molecule has 2 saturated heterocycles. The number of carbonyl (C=O) groups excluding carboxylic acids is 3. The maximum Gasteiger partial charge on any atom is 0.356 e. The monoisotopic (exact) mass is 921 g/mol. The lowest BCUT2D eigenvalue weighted by Crippen LogP contribution is -2.37. The minimum Gasteiger partial charge on any atom is -0.476 e. The van der Waals surface area contributed by atoms with Gasteiger partial charge in [-0.3, -0.25) is 14.4 Å². The molecule has 0 aliphatic carbocycles. The fraction of sp³-hybridized carbons (Fsp3) is 0.277. The predicted octanol–water partition coefficient (Wildman–Crippen LogP) is 4.77. The number of aromatic carboxylic acids is 1. The van der Waals surface area contributed by atoms with Gasteiger partial charge >= 0.3 is 5.97 Å². The number of nitrogens with one attached hydrogen (secondary N) is 2. The van der Waals surface area contributed by atoms with Gasteiger partial charge in [0.15, 0.2) is 23.0 Å². The number of anilines is 4. The van der Waals surface area contributed by atoms with Gasteiger partial charge in [0, 0.05) is 50.4 Å². The van der Waals surface area contributed by atoms with Crippen LogP contribution in [0.5, 0.6) is 0 Å². The van der Waals surface area contributed by atoms with Crippen molar-refractivity contribution in [2.45, 2.75) is 34.4 Å². The number of nitrogen functional groups attached to an aromatic ring is 2. The minimum absolute atomic E-state index is 0. The van der Waals surface area contributed by atoms with Crippen molar-refractivity contribution < 1.29 is 42.5 Å². The molecule has 8 rings (SSSR count). The highest BCUT2D eigenvalue weighted by atomic mass is 19.1.